The quantitative estimate of drug-likeness (QED) is 0.127. The number of methoxy groups -OCH3 is 2. The van der Waals surface area contributed by atoms with Crippen LogP contribution >= 0.6 is 0 Å². The van der Waals surface area contributed by atoms with Crippen molar-refractivity contribution in [2.75, 3.05) is 20.8 Å². The van der Waals surface area contributed by atoms with E-state index in [1.54, 1.807) is 21.1 Å². The summed E-state index contributed by atoms with van der Waals surface area (Å²) in [6, 6.07) is 27.4. The van der Waals surface area contributed by atoms with E-state index in [9.17, 15) is 9.50 Å². The number of aryl methyl sites for hydroxylation is 1. The first kappa shape index (κ1) is 35.7. The number of halogens is 2. The summed E-state index contributed by atoms with van der Waals surface area (Å²) in [5, 5.41) is 11.7. The summed E-state index contributed by atoms with van der Waals surface area (Å²) in [4.78, 5) is 0. The van der Waals surface area contributed by atoms with Gasteiger partial charge in [-0.3, -0.25) is 0 Å². The number of ether oxygens (including phenoxy) is 4. The van der Waals surface area contributed by atoms with Gasteiger partial charge in [0.15, 0.2) is 8.32 Å². The molecule has 4 atom stereocenters. The minimum absolute atomic E-state index is 0.0796. The van der Waals surface area contributed by atoms with Crippen LogP contribution in [0.2, 0.25) is 18.1 Å². The Balaban J connectivity index is 1.60. The minimum Gasteiger partial charge on any atom is -0.497 e. The van der Waals surface area contributed by atoms with Crippen LogP contribution in [0.3, 0.4) is 0 Å². The molecule has 6 nitrogen and oxygen atoms in total. The van der Waals surface area contributed by atoms with E-state index >= 15 is 4.39 Å². The molecule has 5 rings (SSSR count). The fourth-order valence-electron chi connectivity index (χ4n) is 5.95. The van der Waals surface area contributed by atoms with Gasteiger partial charge in [0.25, 0.3) is 0 Å². The Labute approximate surface area is 283 Å². The molecule has 0 aromatic heterocycles. The Morgan fingerprint density at radius 1 is 0.771 bits per heavy atom. The molecule has 9 heteroatoms. The van der Waals surface area contributed by atoms with Gasteiger partial charge in [0.2, 0.25) is 0 Å². The van der Waals surface area contributed by atoms with Gasteiger partial charge in [0, 0.05) is 11.6 Å². The number of hydrogen-bond donors (Lipinski definition) is 1. The molecule has 0 amide bonds. The van der Waals surface area contributed by atoms with E-state index in [2.05, 4.69) is 33.9 Å². The second-order valence-corrected chi connectivity index (χ2v) is 18.6. The summed E-state index contributed by atoms with van der Waals surface area (Å²) in [7, 11) is 0.732. The van der Waals surface area contributed by atoms with Crippen molar-refractivity contribution in [2.24, 2.45) is 0 Å². The van der Waals surface area contributed by atoms with Gasteiger partial charge in [0.05, 0.1) is 20.8 Å². The zero-order valence-corrected chi connectivity index (χ0v) is 29.9. The van der Waals surface area contributed by atoms with Crippen molar-refractivity contribution in [2.45, 2.75) is 75.8 Å². The molecule has 1 fully saturated rings. The summed E-state index contributed by atoms with van der Waals surface area (Å²) in [5.41, 5.74) is 1.74. The van der Waals surface area contributed by atoms with Gasteiger partial charge < -0.3 is 28.5 Å². The average Bonchev–Trinajstić information content (AvgIpc) is 3.37. The third-order valence-corrected chi connectivity index (χ3v) is 14.3. The van der Waals surface area contributed by atoms with Gasteiger partial charge >= 0.3 is 0 Å². The predicted octanol–water partition coefficient (Wildman–Crippen LogP) is 8.49. The molecule has 4 aromatic carbocycles. The molecule has 0 bridgehead atoms. The van der Waals surface area contributed by atoms with Crippen LogP contribution in [0.25, 0.3) is 0 Å². The maximum atomic E-state index is 15.4. The Morgan fingerprint density at radius 2 is 1.29 bits per heavy atom. The van der Waals surface area contributed by atoms with Crippen LogP contribution in [-0.2, 0) is 19.5 Å². The van der Waals surface area contributed by atoms with E-state index in [1.807, 2.05) is 78.9 Å². The molecule has 1 aliphatic heterocycles. The van der Waals surface area contributed by atoms with Crippen LogP contribution in [0, 0.1) is 18.6 Å². The summed E-state index contributed by atoms with van der Waals surface area (Å²) in [6.07, 6.45) is -3.98. The monoisotopic (exact) mass is 676 g/mol. The van der Waals surface area contributed by atoms with Crippen LogP contribution in [0.5, 0.6) is 11.5 Å². The van der Waals surface area contributed by atoms with E-state index < -0.39 is 50.0 Å². The Bertz CT molecular complexity index is 1620. The van der Waals surface area contributed by atoms with Crippen molar-refractivity contribution >= 4 is 8.32 Å². The number of aliphatic hydroxyl groups is 1. The normalized spacial score (nSPS) is 20.1. The highest BCUT2D eigenvalue weighted by Gasteiger charge is 2.52. The van der Waals surface area contributed by atoms with Gasteiger partial charge in [-0.2, -0.15) is 0 Å². The third kappa shape index (κ3) is 6.93. The second-order valence-electron chi connectivity index (χ2n) is 13.9. The molecule has 1 unspecified atom stereocenters. The van der Waals surface area contributed by atoms with Crippen molar-refractivity contribution < 1.29 is 37.3 Å². The summed E-state index contributed by atoms with van der Waals surface area (Å²) in [5.74, 6) is -0.0240. The van der Waals surface area contributed by atoms with Crippen molar-refractivity contribution in [1.82, 2.24) is 0 Å². The van der Waals surface area contributed by atoms with Crippen molar-refractivity contribution in [3.63, 3.8) is 0 Å². The van der Waals surface area contributed by atoms with Gasteiger partial charge in [0.1, 0.15) is 53.2 Å². The van der Waals surface area contributed by atoms with Crippen molar-refractivity contribution in [3.8, 4) is 11.5 Å². The standard InChI is InChI=1S/C39H46F2O6Si/c1-25-22-31(33(41)23-32(25)40)36-37(47-48(7,8)38(2,3)4)35(42)34(46-36)24-45-39(26-12-10-9-11-13-26,27-14-18-29(43-5)19-15-27)28-16-20-30(44-6)21-17-28/h9-23,34-37,42H,24H2,1-8H3/t34-,35?,36+,37+/m1/s1. The van der Waals surface area contributed by atoms with Crippen molar-refractivity contribution in [1.29, 1.82) is 0 Å². The van der Waals surface area contributed by atoms with Crippen LogP contribution in [0.1, 0.15) is 54.7 Å². The second kappa shape index (κ2) is 14.1. The first-order valence-corrected chi connectivity index (χ1v) is 19.1. The van der Waals surface area contributed by atoms with Gasteiger partial charge in [-0.15, -0.1) is 0 Å². The first-order chi connectivity index (χ1) is 22.7. The molecule has 0 aliphatic carbocycles. The molecule has 1 saturated heterocycles. The number of rotatable bonds is 11. The Morgan fingerprint density at radius 3 is 1.79 bits per heavy atom. The smallest absolute Gasteiger partial charge is 0.192 e. The average molecular weight is 677 g/mol. The zero-order valence-electron chi connectivity index (χ0n) is 28.9. The van der Waals surface area contributed by atoms with E-state index in [-0.39, 0.29) is 22.8 Å². The predicted molar refractivity (Wildman–Crippen MR) is 185 cm³/mol. The minimum atomic E-state index is -2.49. The first-order valence-electron chi connectivity index (χ1n) is 16.2. The molecule has 256 valence electrons. The van der Waals surface area contributed by atoms with Gasteiger partial charge in [-0.25, -0.2) is 8.78 Å². The SMILES string of the molecule is COc1ccc(C(OC[C@H]2O[C@@H](c3cc(C)c(F)cc3F)[C@@H](O[Si](C)(C)C(C)(C)C)C2O)(c2ccccc2)c2ccc(OC)cc2)cc1. The summed E-state index contributed by atoms with van der Waals surface area (Å²) < 4.78 is 61.0. The Hall–Kier alpha value is -3.60. The highest BCUT2D eigenvalue weighted by molar-refractivity contribution is 6.74. The van der Waals surface area contributed by atoms with Gasteiger partial charge in [-0.1, -0.05) is 75.4 Å². The molecule has 1 aliphatic rings. The van der Waals surface area contributed by atoms with E-state index in [0.29, 0.717) is 11.5 Å². The van der Waals surface area contributed by atoms with Crippen LogP contribution in [-0.4, -0.2) is 52.6 Å². The molecule has 4 aromatic rings. The molecule has 0 saturated carbocycles. The number of benzene rings is 4. The Kier molecular flexibility index (Phi) is 10.5. The topological polar surface area (TPSA) is 66.4 Å². The molecule has 1 N–H and O–H groups in total. The van der Waals surface area contributed by atoms with Crippen LogP contribution in [0.15, 0.2) is 91.0 Å². The lowest BCUT2D eigenvalue weighted by molar-refractivity contribution is -0.0831. The van der Waals surface area contributed by atoms with Crippen LogP contribution in [0.4, 0.5) is 8.78 Å². The highest BCUT2D eigenvalue weighted by Crippen LogP contribution is 2.46. The molecular formula is C39H46F2O6Si. The summed E-state index contributed by atoms with van der Waals surface area (Å²) in [6.45, 7) is 11.9. The maximum Gasteiger partial charge on any atom is 0.192 e. The highest BCUT2D eigenvalue weighted by atomic mass is 28.4. The lowest BCUT2D eigenvalue weighted by atomic mass is 9.80. The van der Waals surface area contributed by atoms with Crippen molar-refractivity contribution in [3.05, 3.63) is 130 Å². The summed E-state index contributed by atoms with van der Waals surface area (Å²) >= 11 is 0. The van der Waals surface area contributed by atoms with E-state index in [0.717, 1.165) is 22.8 Å². The van der Waals surface area contributed by atoms with Gasteiger partial charge in [-0.05, 0) is 77.6 Å². The fraction of sp³-hybridized carbons (Fsp3) is 0.385. The number of hydrogen-bond acceptors (Lipinski definition) is 6. The molecule has 0 spiro atoms. The molecule has 1 heterocycles. The van der Waals surface area contributed by atoms with Crippen LogP contribution < -0.4 is 9.47 Å². The molecular weight excluding hydrogens is 631 g/mol. The largest absolute Gasteiger partial charge is 0.497 e. The maximum absolute atomic E-state index is 15.4. The third-order valence-electron chi connectivity index (χ3n) is 9.80. The molecule has 48 heavy (non-hydrogen) atoms. The lowest BCUT2D eigenvalue weighted by Gasteiger charge is -2.40. The molecule has 0 radical (unpaired) electrons. The lowest BCUT2D eigenvalue weighted by Crippen LogP contribution is -2.48. The fourth-order valence-corrected chi connectivity index (χ4v) is 7.25. The number of aliphatic hydroxyl groups excluding tert-OH is 1. The van der Waals surface area contributed by atoms with E-state index in [4.69, 9.17) is 23.4 Å². The zero-order chi connectivity index (χ0) is 34.9. The van der Waals surface area contributed by atoms with E-state index in [1.165, 1.54) is 6.07 Å².